The number of fused-ring (bicyclic) bond motifs is 2. The Labute approximate surface area is 167 Å². The zero-order valence-corrected chi connectivity index (χ0v) is 15.8. The van der Waals surface area contributed by atoms with Gasteiger partial charge in [-0.25, -0.2) is 4.98 Å². The predicted molar refractivity (Wildman–Crippen MR) is 110 cm³/mol. The zero-order valence-electron chi connectivity index (χ0n) is 15.8. The van der Waals surface area contributed by atoms with Crippen LogP contribution in [0.25, 0.3) is 16.9 Å². The van der Waals surface area contributed by atoms with Crippen molar-refractivity contribution in [2.24, 2.45) is 0 Å². The van der Waals surface area contributed by atoms with Crippen molar-refractivity contribution in [3.63, 3.8) is 0 Å². The van der Waals surface area contributed by atoms with Crippen molar-refractivity contribution in [2.75, 3.05) is 11.9 Å². The number of ether oxygens (including phenoxy) is 2. The van der Waals surface area contributed by atoms with E-state index in [0.29, 0.717) is 23.0 Å². The second-order valence-electron chi connectivity index (χ2n) is 6.96. The van der Waals surface area contributed by atoms with Crippen LogP contribution in [0.4, 0.5) is 5.82 Å². The van der Waals surface area contributed by atoms with Crippen molar-refractivity contribution in [1.29, 1.82) is 0 Å². The van der Waals surface area contributed by atoms with Crippen LogP contribution in [0.3, 0.4) is 0 Å². The highest BCUT2D eigenvalue weighted by molar-refractivity contribution is 5.97. The number of nitrogens with zero attached hydrogens (tertiary/aromatic N) is 2. The first-order chi connectivity index (χ1) is 14.2. The minimum absolute atomic E-state index is 0.152. The molecular formula is C23H19N3O3. The summed E-state index contributed by atoms with van der Waals surface area (Å²) in [6.45, 7) is 2.15. The molecule has 4 aromatic rings. The fourth-order valence-electron chi connectivity index (χ4n) is 3.41. The quantitative estimate of drug-likeness (QED) is 0.577. The first-order valence-corrected chi connectivity index (χ1v) is 9.42. The molecule has 1 aliphatic rings. The number of aromatic nitrogens is 2. The minimum Gasteiger partial charge on any atom is -0.485 e. The number of nitrogens with one attached hydrogen (secondary N) is 1. The van der Waals surface area contributed by atoms with Crippen LogP contribution in [0.2, 0.25) is 0 Å². The molecule has 1 aliphatic heterocycles. The van der Waals surface area contributed by atoms with Crippen LogP contribution >= 0.6 is 0 Å². The molecule has 0 saturated heterocycles. The Morgan fingerprint density at radius 3 is 2.62 bits per heavy atom. The van der Waals surface area contributed by atoms with Crippen LogP contribution in [0.5, 0.6) is 11.5 Å². The summed E-state index contributed by atoms with van der Waals surface area (Å²) >= 11 is 0. The summed E-state index contributed by atoms with van der Waals surface area (Å²) in [5.74, 6) is 1.55. The van der Waals surface area contributed by atoms with Crippen LogP contribution in [0.1, 0.15) is 5.56 Å². The van der Waals surface area contributed by atoms with E-state index in [1.54, 1.807) is 6.07 Å². The summed E-state index contributed by atoms with van der Waals surface area (Å²) in [6.07, 6.45) is 1.21. The molecule has 0 saturated carbocycles. The molecule has 6 nitrogen and oxygen atoms in total. The molecule has 0 spiro atoms. The number of imidazole rings is 1. The number of rotatable bonds is 3. The maximum absolute atomic E-state index is 13.0. The number of amides is 1. The van der Waals surface area contributed by atoms with Crippen LogP contribution in [0.15, 0.2) is 72.9 Å². The van der Waals surface area contributed by atoms with Gasteiger partial charge < -0.3 is 14.8 Å². The van der Waals surface area contributed by atoms with E-state index in [1.807, 2.05) is 78.2 Å². The smallest absolute Gasteiger partial charge is 0.270 e. The van der Waals surface area contributed by atoms with Gasteiger partial charge in [0.05, 0.1) is 0 Å². The lowest BCUT2D eigenvalue weighted by atomic mass is 10.1. The van der Waals surface area contributed by atoms with Crippen LogP contribution in [-0.2, 0) is 4.79 Å². The summed E-state index contributed by atoms with van der Waals surface area (Å²) in [5.41, 5.74) is 3.46. The second kappa shape index (κ2) is 6.98. The largest absolute Gasteiger partial charge is 0.485 e. The SMILES string of the molecule is Cc1ccc2nc(-c3ccccc3)c(NC(=O)[C@@H]3COc4ccccc4O3)n2c1. The topological polar surface area (TPSA) is 64.9 Å². The summed E-state index contributed by atoms with van der Waals surface area (Å²) in [6, 6.07) is 21.1. The molecule has 0 bridgehead atoms. The van der Waals surface area contributed by atoms with E-state index in [1.165, 1.54) is 0 Å². The molecule has 6 heteroatoms. The van der Waals surface area contributed by atoms with Gasteiger partial charge >= 0.3 is 0 Å². The summed E-state index contributed by atoms with van der Waals surface area (Å²) in [4.78, 5) is 17.8. The Morgan fingerprint density at radius 1 is 1.03 bits per heavy atom. The predicted octanol–water partition coefficient (Wildman–Crippen LogP) is 4.09. The van der Waals surface area contributed by atoms with Crippen molar-refractivity contribution < 1.29 is 14.3 Å². The Balaban J connectivity index is 1.51. The highest BCUT2D eigenvalue weighted by atomic mass is 16.6. The number of carbonyl (C=O) groups is 1. The van der Waals surface area contributed by atoms with Crippen LogP contribution < -0.4 is 14.8 Å². The number of para-hydroxylation sites is 2. The molecule has 1 N–H and O–H groups in total. The first-order valence-electron chi connectivity index (χ1n) is 9.42. The van der Waals surface area contributed by atoms with Crippen LogP contribution in [-0.4, -0.2) is 28.0 Å². The monoisotopic (exact) mass is 385 g/mol. The average Bonchev–Trinajstić information content (AvgIpc) is 3.11. The van der Waals surface area contributed by atoms with Gasteiger partial charge in [0, 0.05) is 11.8 Å². The van der Waals surface area contributed by atoms with Gasteiger partial charge in [-0.15, -0.1) is 0 Å². The highest BCUT2D eigenvalue weighted by Gasteiger charge is 2.29. The summed E-state index contributed by atoms with van der Waals surface area (Å²) in [5, 5.41) is 3.02. The van der Waals surface area contributed by atoms with Crippen molar-refractivity contribution >= 4 is 17.4 Å². The standard InChI is InChI=1S/C23H19N3O3/c1-15-11-12-20-24-21(16-7-3-2-4-8-16)22(26(20)13-15)25-23(27)19-14-28-17-9-5-6-10-18(17)29-19/h2-13,19H,14H2,1H3,(H,25,27)/t19-/m0/s1. The van der Waals surface area contributed by atoms with E-state index in [0.717, 1.165) is 16.8 Å². The molecule has 0 aliphatic carbocycles. The minimum atomic E-state index is -0.746. The third-order valence-corrected chi connectivity index (χ3v) is 4.86. The van der Waals surface area contributed by atoms with Crippen LogP contribution in [0, 0.1) is 6.92 Å². The lowest BCUT2D eigenvalue weighted by Gasteiger charge is -2.25. The van der Waals surface area contributed by atoms with Crippen molar-refractivity contribution in [3.05, 3.63) is 78.5 Å². The molecule has 1 amide bonds. The lowest BCUT2D eigenvalue weighted by Crippen LogP contribution is -2.40. The highest BCUT2D eigenvalue weighted by Crippen LogP contribution is 2.32. The molecule has 0 radical (unpaired) electrons. The van der Waals surface area contributed by atoms with Gasteiger partial charge in [-0.3, -0.25) is 9.20 Å². The molecule has 2 aromatic heterocycles. The van der Waals surface area contributed by atoms with Crippen molar-refractivity contribution in [1.82, 2.24) is 9.38 Å². The zero-order chi connectivity index (χ0) is 19.8. The Hall–Kier alpha value is -3.80. The van der Waals surface area contributed by atoms with Gasteiger partial charge in [0.2, 0.25) is 6.10 Å². The second-order valence-corrected chi connectivity index (χ2v) is 6.96. The molecule has 2 aromatic carbocycles. The fraction of sp³-hybridized carbons (Fsp3) is 0.130. The van der Waals surface area contributed by atoms with E-state index >= 15 is 0 Å². The summed E-state index contributed by atoms with van der Waals surface area (Å²) in [7, 11) is 0. The third-order valence-electron chi connectivity index (χ3n) is 4.86. The molecular weight excluding hydrogens is 366 g/mol. The number of anilines is 1. The lowest BCUT2D eigenvalue weighted by molar-refractivity contribution is -0.125. The normalized spacial score (nSPS) is 15.3. The van der Waals surface area contributed by atoms with E-state index in [2.05, 4.69) is 5.32 Å². The molecule has 5 rings (SSSR count). The van der Waals surface area contributed by atoms with E-state index in [4.69, 9.17) is 14.5 Å². The number of hydrogen-bond acceptors (Lipinski definition) is 4. The maximum atomic E-state index is 13.0. The molecule has 144 valence electrons. The van der Waals surface area contributed by atoms with E-state index in [-0.39, 0.29) is 12.5 Å². The van der Waals surface area contributed by atoms with Gasteiger partial charge in [-0.1, -0.05) is 48.5 Å². The summed E-state index contributed by atoms with van der Waals surface area (Å²) < 4.78 is 13.4. The molecule has 0 fully saturated rings. The molecule has 3 heterocycles. The third kappa shape index (κ3) is 3.18. The van der Waals surface area contributed by atoms with Gasteiger partial charge in [-0.05, 0) is 30.7 Å². The van der Waals surface area contributed by atoms with Gasteiger partial charge in [0.1, 0.15) is 23.8 Å². The molecule has 0 unspecified atom stereocenters. The number of carbonyl (C=O) groups excluding carboxylic acids is 1. The van der Waals surface area contributed by atoms with Gasteiger partial charge in [0.25, 0.3) is 5.91 Å². The number of benzene rings is 2. The van der Waals surface area contributed by atoms with Gasteiger partial charge in [0.15, 0.2) is 11.5 Å². The molecule has 29 heavy (non-hydrogen) atoms. The molecule has 1 atom stereocenters. The average molecular weight is 385 g/mol. The number of aryl methyl sites for hydroxylation is 1. The van der Waals surface area contributed by atoms with Crippen molar-refractivity contribution in [3.8, 4) is 22.8 Å². The number of pyridine rings is 1. The van der Waals surface area contributed by atoms with Gasteiger partial charge in [-0.2, -0.15) is 0 Å². The number of hydrogen-bond donors (Lipinski definition) is 1. The Kier molecular flexibility index (Phi) is 4.17. The first kappa shape index (κ1) is 17.3. The fourth-order valence-corrected chi connectivity index (χ4v) is 3.41. The maximum Gasteiger partial charge on any atom is 0.270 e. The Bertz CT molecular complexity index is 1200. The van der Waals surface area contributed by atoms with Crippen molar-refractivity contribution in [2.45, 2.75) is 13.0 Å². The Morgan fingerprint density at radius 2 is 1.79 bits per heavy atom. The van der Waals surface area contributed by atoms with E-state index < -0.39 is 6.10 Å². The van der Waals surface area contributed by atoms with E-state index in [9.17, 15) is 4.79 Å².